The minimum absolute atomic E-state index is 0.137. The van der Waals surface area contributed by atoms with Crippen LogP contribution in [0.3, 0.4) is 0 Å². The second-order valence-electron chi connectivity index (χ2n) is 5.05. The lowest BCUT2D eigenvalue weighted by atomic mass is 9.93. The fraction of sp³-hybridized carbons (Fsp3) is 0.500. The molecule has 0 aromatic heterocycles. The van der Waals surface area contributed by atoms with Gasteiger partial charge in [-0.05, 0) is 36.5 Å². The van der Waals surface area contributed by atoms with E-state index in [1.807, 2.05) is 6.07 Å². The molecule has 0 radical (unpaired) electrons. The minimum atomic E-state index is 0.137. The number of fused-ring (bicyclic) bond motifs is 1. The summed E-state index contributed by atoms with van der Waals surface area (Å²) in [7, 11) is 0. The van der Waals surface area contributed by atoms with Gasteiger partial charge in [-0.25, -0.2) is 0 Å². The molecule has 90 valence electrons. The Kier molecular flexibility index (Phi) is 2.85. The number of rotatable bonds is 3. The van der Waals surface area contributed by atoms with Crippen LogP contribution in [0.1, 0.15) is 36.8 Å². The van der Waals surface area contributed by atoms with Gasteiger partial charge in [-0.2, -0.15) is 0 Å². The fourth-order valence-corrected chi connectivity index (χ4v) is 2.42. The van der Waals surface area contributed by atoms with Crippen molar-refractivity contribution in [3.63, 3.8) is 0 Å². The van der Waals surface area contributed by atoms with E-state index < -0.39 is 0 Å². The summed E-state index contributed by atoms with van der Waals surface area (Å²) in [5, 5.41) is 6.48. The van der Waals surface area contributed by atoms with Crippen molar-refractivity contribution in [2.45, 2.75) is 44.7 Å². The van der Waals surface area contributed by atoms with Gasteiger partial charge in [0, 0.05) is 24.7 Å². The molecule has 2 N–H and O–H groups in total. The molecule has 1 aliphatic heterocycles. The van der Waals surface area contributed by atoms with Crippen LogP contribution in [0, 0.1) is 0 Å². The molecule has 3 rings (SSSR count). The van der Waals surface area contributed by atoms with E-state index in [4.69, 9.17) is 0 Å². The highest BCUT2D eigenvalue weighted by Crippen LogP contribution is 2.24. The molecule has 17 heavy (non-hydrogen) atoms. The van der Waals surface area contributed by atoms with Crippen LogP contribution in [0.25, 0.3) is 0 Å². The van der Waals surface area contributed by atoms with Crippen molar-refractivity contribution in [1.82, 2.24) is 5.32 Å². The Balaban J connectivity index is 1.67. The minimum Gasteiger partial charge on any atom is -0.326 e. The van der Waals surface area contributed by atoms with Gasteiger partial charge in [0.05, 0.1) is 0 Å². The average Bonchev–Trinajstić information content (AvgIpc) is 2.27. The summed E-state index contributed by atoms with van der Waals surface area (Å²) in [6.07, 6.45) is 5.50. The van der Waals surface area contributed by atoms with E-state index in [1.54, 1.807) is 0 Å². The molecule has 2 aliphatic rings. The number of carbonyl (C=O) groups excluding carboxylic acids is 1. The van der Waals surface area contributed by atoms with Crippen LogP contribution in [0.15, 0.2) is 18.2 Å². The predicted molar refractivity (Wildman–Crippen MR) is 67.9 cm³/mol. The second-order valence-corrected chi connectivity index (χ2v) is 5.05. The van der Waals surface area contributed by atoms with Gasteiger partial charge < -0.3 is 10.6 Å². The first-order valence-corrected chi connectivity index (χ1v) is 6.46. The van der Waals surface area contributed by atoms with Crippen molar-refractivity contribution in [3.05, 3.63) is 29.3 Å². The fourth-order valence-electron chi connectivity index (χ4n) is 2.42. The first-order valence-electron chi connectivity index (χ1n) is 6.46. The van der Waals surface area contributed by atoms with Gasteiger partial charge in [0.1, 0.15) is 0 Å². The molecule has 0 unspecified atom stereocenters. The molecule has 1 saturated carbocycles. The highest BCUT2D eigenvalue weighted by Gasteiger charge is 2.17. The lowest BCUT2D eigenvalue weighted by Gasteiger charge is -2.27. The number of nitrogens with one attached hydrogen (secondary N) is 2. The largest absolute Gasteiger partial charge is 0.326 e. The normalized spacial score (nSPS) is 19.4. The zero-order valence-electron chi connectivity index (χ0n) is 9.96. The van der Waals surface area contributed by atoms with E-state index in [1.165, 1.54) is 30.4 Å². The summed E-state index contributed by atoms with van der Waals surface area (Å²) in [5.74, 6) is 0.137. The van der Waals surface area contributed by atoms with E-state index >= 15 is 0 Å². The van der Waals surface area contributed by atoms with E-state index in [0.29, 0.717) is 6.42 Å². The summed E-state index contributed by atoms with van der Waals surface area (Å²) in [4.78, 5) is 11.2. The topological polar surface area (TPSA) is 41.1 Å². The average molecular weight is 230 g/mol. The van der Waals surface area contributed by atoms with E-state index in [-0.39, 0.29) is 5.91 Å². The number of anilines is 1. The zero-order valence-corrected chi connectivity index (χ0v) is 9.96. The Bertz CT molecular complexity index is 438. The van der Waals surface area contributed by atoms with Crippen molar-refractivity contribution < 1.29 is 4.79 Å². The first-order chi connectivity index (χ1) is 8.31. The summed E-state index contributed by atoms with van der Waals surface area (Å²) >= 11 is 0. The quantitative estimate of drug-likeness (QED) is 0.836. The van der Waals surface area contributed by atoms with Crippen LogP contribution in [0.5, 0.6) is 0 Å². The number of hydrogen-bond acceptors (Lipinski definition) is 2. The number of hydrogen-bond donors (Lipinski definition) is 2. The summed E-state index contributed by atoms with van der Waals surface area (Å²) in [6, 6.07) is 7.09. The molecular weight excluding hydrogens is 212 g/mol. The van der Waals surface area contributed by atoms with Gasteiger partial charge in [0.25, 0.3) is 0 Å². The van der Waals surface area contributed by atoms with Gasteiger partial charge in [0.15, 0.2) is 0 Å². The third kappa shape index (κ3) is 2.34. The molecule has 0 spiro atoms. The first kappa shape index (κ1) is 10.8. The van der Waals surface area contributed by atoms with Gasteiger partial charge in [-0.15, -0.1) is 0 Å². The zero-order chi connectivity index (χ0) is 11.7. The van der Waals surface area contributed by atoms with Crippen molar-refractivity contribution in [2.24, 2.45) is 0 Å². The highest BCUT2D eigenvalue weighted by atomic mass is 16.1. The van der Waals surface area contributed by atoms with Crippen LogP contribution >= 0.6 is 0 Å². The Labute approximate surface area is 102 Å². The van der Waals surface area contributed by atoms with Gasteiger partial charge in [-0.3, -0.25) is 4.79 Å². The third-order valence-corrected chi connectivity index (χ3v) is 3.77. The van der Waals surface area contributed by atoms with Crippen LogP contribution in [-0.2, 0) is 17.8 Å². The molecule has 3 heteroatoms. The van der Waals surface area contributed by atoms with Gasteiger partial charge in [-0.1, -0.05) is 18.6 Å². The molecule has 1 fully saturated rings. The molecule has 0 bridgehead atoms. The van der Waals surface area contributed by atoms with Crippen molar-refractivity contribution in [2.75, 3.05) is 5.32 Å². The Morgan fingerprint density at radius 2 is 2.18 bits per heavy atom. The lowest BCUT2D eigenvalue weighted by Crippen LogP contribution is -2.34. The lowest BCUT2D eigenvalue weighted by molar-refractivity contribution is -0.116. The third-order valence-electron chi connectivity index (χ3n) is 3.77. The van der Waals surface area contributed by atoms with Crippen molar-refractivity contribution >= 4 is 11.6 Å². The van der Waals surface area contributed by atoms with E-state index in [2.05, 4.69) is 22.8 Å². The smallest absolute Gasteiger partial charge is 0.224 e. The maximum absolute atomic E-state index is 11.2. The van der Waals surface area contributed by atoms with Crippen LogP contribution < -0.4 is 10.6 Å². The molecule has 0 atom stereocenters. The summed E-state index contributed by atoms with van der Waals surface area (Å²) in [6.45, 7) is 0.950. The summed E-state index contributed by atoms with van der Waals surface area (Å²) in [5.41, 5.74) is 3.60. The predicted octanol–water partition coefficient (Wildman–Crippen LogP) is 2.21. The van der Waals surface area contributed by atoms with Gasteiger partial charge in [0.2, 0.25) is 5.91 Å². The molecule has 1 aromatic rings. The number of benzene rings is 1. The van der Waals surface area contributed by atoms with E-state index in [9.17, 15) is 4.79 Å². The molecule has 1 aromatic carbocycles. The molecule has 1 aliphatic carbocycles. The standard InChI is InChI=1S/C14H18N2O/c17-14-7-5-11-8-10(4-6-13(11)16-14)9-15-12-2-1-3-12/h4,6,8,12,15H,1-3,5,7,9H2,(H,16,17). The maximum atomic E-state index is 11.2. The van der Waals surface area contributed by atoms with Crippen LogP contribution in [0.4, 0.5) is 5.69 Å². The van der Waals surface area contributed by atoms with Gasteiger partial charge >= 0.3 is 0 Å². The molecule has 0 saturated heterocycles. The van der Waals surface area contributed by atoms with E-state index in [0.717, 1.165) is 24.7 Å². The Morgan fingerprint density at radius 1 is 1.29 bits per heavy atom. The van der Waals surface area contributed by atoms with Crippen molar-refractivity contribution in [1.29, 1.82) is 0 Å². The number of carbonyl (C=O) groups is 1. The monoisotopic (exact) mass is 230 g/mol. The number of aryl methyl sites for hydroxylation is 1. The van der Waals surface area contributed by atoms with Crippen molar-refractivity contribution in [3.8, 4) is 0 Å². The molecule has 1 amide bonds. The SMILES string of the molecule is O=C1CCc2cc(CNC3CCC3)ccc2N1. The molecular formula is C14H18N2O. The van der Waals surface area contributed by atoms with Crippen LogP contribution in [0.2, 0.25) is 0 Å². The Morgan fingerprint density at radius 3 is 2.94 bits per heavy atom. The summed E-state index contributed by atoms with van der Waals surface area (Å²) < 4.78 is 0. The highest BCUT2D eigenvalue weighted by molar-refractivity contribution is 5.93. The van der Waals surface area contributed by atoms with Crippen LogP contribution in [-0.4, -0.2) is 11.9 Å². The molecule has 3 nitrogen and oxygen atoms in total. The second kappa shape index (κ2) is 4.49. The maximum Gasteiger partial charge on any atom is 0.224 e. The molecule has 1 heterocycles. The Hall–Kier alpha value is -1.35. The number of amides is 1.